The number of hydrazone groups is 1. The van der Waals surface area contributed by atoms with Gasteiger partial charge in [0.2, 0.25) is 0 Å². The molecule has 1 atom stereocenters. The highest BCUT2D eigenvalue weighted by atomic mass is 79.9. The van der Waals surface area contributed by atoms with Gasteiger partial charge in [-0.3, -0.25) is 4.79 Å². The fraction of sp³-hybridized carbons (Fsp3) is 0.158. The van der Waals surface area contributed by atoms with Crippen LogP contribution >= 0.6 is 15.9 Å². The molecule has 1 amide bonds. The van der Waals surface area contributed by atoms with E-state index in [2.05, 4.69) is 32.4 Å². The normalized spacial score (nSPS) is 11.6. The monoisotopic (exact) mass is 400 g/mol. The van der Waals surface area contributed by atoms with Crippen LogP contribution in [0.1, 0.15) is 12.5 Å². The summed E-state index contributed by atoms with van der Waals surface area (Å²) in [7, 11) is 0. The predicted octanol–water partition coefficient (Wildman–Crippen LogP) is 3.38. The van der Waals surface area contributed by atoms with Gasteiger partial charge in [0.05, 0.1) is 10.7 Å². The first-order chi connectivity index (χ1) is 12.1. The lowest BCUT2D eigenvalue weighted by molar-refractivity contribution is -0.127. The lowest BCUT2D eigenvalue weighted by Gasteiger charge is -2.14. The Morgan fingerprint density at radius 2 is 1.96 bits per heavy atom. The van der Waals surface area contributed by atoms with Crippen molar-refractivity contribution in [2.45, 2.75) is 13.0 Å². The Balaban J connectivity index is 1.94. The molecule has 6 heteroatoms. The molecular weight excluding hydrogens is 384 g/mol. The molecule has 0 radical (unpaired) electrons. The molecule has 0 unspecified atom stereocenters. The number of halogens is 1. The molecule has 0 aliphatic heterocycles. The van der Waals surface area contributed by atoms with E-state index >= 15 is 0 Å². The summed E-state index contributed by atoms with van der Waals surface area (Å²) in [6.07, 6.45) is 5.98. The van der Waals surface area contributed by atoms with Crippen molar-refractivity contribution in [3.05, 3.63) is 58.6 Å². The van der Waals surface area contributed by atoms with E-state index in [4.69, 9.17) is 15.9 Å². The summed E-state index contributed by atoms with van der Waals surface area (Å²) in [5.41, 5.74) is 3.15. The van der Waals surface area contributed by atoms with Crippen molar-refractivity contribution >= 4 is 28.1 Å². The van der Waals surface area contributed by atoms with E-state index < -0.39 is 6.10 Å². The summed E-state index contributed by atoms with van der Waals surface area (Å²) in [4.78, 5) is 12.1. The van der Waals surface area contributed by atoms with Crippen molar-refractivity contribution in [2.24, 2.45) is 5.10 Å². The smallest absolute Gasteiger partial charge is 0.280 e. The summed E-state index contributed by atoms with van der Waals surface area (Å²) in [5.74, 6) is 3.22. The molecule has 0 saturated heterocycles. The van der Waals surface area contributed by atoms with Crippen molar-refractivity contribution in [3.8, 4) is 23.8 Å². The number of carbonyl (C=O) groups is 1. The number of terminal acetylenes is 1. The fourth-order valence-electron chi connectivity index (χ4n) is 1.88. The van der Waals surface area contributed by atoms with Crippen LogP contribution in [0.15, 0.2) is 58.1 Å². The molecule has 0 saturated carbocycles. The van der Waals surface area contributed by atoms with Crippen molar-refractivity contribution < 1.29 is 14.3 Å². The number of nitrogens with zero attached hydrogens (tertiary/aromatic N) is 1. The van der Waals surface area contributed by atoms with Gasteiger partial charge in [0.1, 0.15) is 18.1 Å². The number of para-hydroxylation sites is 2. The number of hydrogen-bond acceptors (Lipinski definition) is 4. The van der Waals surface area contributed by atoms with Gasteiger partial charge in [-0.25, -0.2) is 5.43 Å². The molecule has 0 bridgehead atoms. The van der Waals surface area contributed by atoms with E-state index in [1.807, 2.05) is 36.4 Å². The zero-order valence-corrected chi connectivity index (χ0v) is 15.2. The summed E-state index contributed by atoms with van der Waals surface area (Å²) in [5, 5.41) is 3.95. The van der Waals surface area contributed by atoms with Crippen LogP contribution < -0.4 is 14.9 Å². The van der Waals surface area contributed by atoms with Gasteiger partial charge in [0.25, 0.3) is 5.91 Å². The molecule has 128 valence electrons. The molecule has 2 aromatic carbocycles. The average Bonchev–Trinajstić information content (AvgIpc) is 2.62. The van der Waals surface area contributed by atoms with Crippen LogP contribution in [0.25, 0.3) is 0 Å². The van der Waals surface area contributed by atoms with E-state index in [-0.39, 0.29) is 12.5 Å². The standard InChI is InChI=1S/C19H17BrN2O3/c1-3-12-24-17-10-6-4-8-15(17)13-21-22-19(23)14(2)25-18-11-7-5-9-16(18)20/h1,4-11,13-14H,12H2,2H3,(H,22,23)/b21-13-/t14-/m1/s1. The van der Waals surface area contributed by atoms with Gasteiger partial charge in [0, 0.05) is 5.56 Å². The SMILES string of the molecule is C#CCOc1ccccc1/C=N\NC(=O)[C@@H](C)Oc1ccccc1Br. The Morgan fingerprint density at radius 1 is 1.28 bits per heavy atom. The maximum absolute atomic E-state index is 12.1. The average molecular weight is 401 g/mol. The molecule has 0 aromatic heterocycles. The molecule has 0 spiro atoms. The molecule has 2 aromatic rings. The second-order valence-electron chi connectivity index (χ2n) is 4.96. The van der Waals surface area contributed by atoms with Crippen molar-refractivity contribution in [1.29, 1.82) is 0 Å². The highest BCUT2D eigenvalue weighted by Crippen LogP contribution is 2.24. The number of benzene rings is 2. The van der Waals surface area contributed by atoms with E-state index in [1.54, 1.807) is 19.1 Å². The quantitative estimate of drug-likeness (QED) is 0.440. The molecular formula is C19H17BrN2O3. The zero-order chi connectivity index (χ0) is 18.1. The van der Waals surface area contributed by atoms with Crippen LogP contribution in [0.2, 0.25) is 0 Å². The van der Waals surface area contributed by atoms with Crippen LogP contribution in [-0.4, -0.2) is 24.8 Å². The van der Waals surface area contributed by atoms with Gasteiger partial charge in [-0.05, 0) is 47.1 Å². The Bertz CT molecular complexity index is 799. The van der Waals surface area contributed by atoms with E-state index in [9.17, 15) is 4.79 Å². The lowest BCUT2D eigenvalue weighted by Crippen LogP contribution is -2.33. The molecule has 0 aliphatic rings. The summed E-state index contributed by atoms with van der Waals surface area (Å²) >= 11 is 3.37. The molecule has 1 N–H and O–H groups in total. The number of amides is 1. The van der Waals surface area contributed by atoms with Crippen LogP contribution in [0, 0.1) is 12.3 Å². The van der Waals surface area contributed by atoms with Crippen LogP contribution in [0.5, 0.6) is 11.5 Å². The maximum atomic E-state index is 12.1. The number of ether oxygens (including phenoxy) is 2. The number of hydrogen-bond donors (Lipinski definition) is 1. The van der Waals surface area contributed by atoms with E-state index in [1.165, 1.54) is 6.21 Å². The third kappa shape index (κ3) is 5.66. The second kappa shape index (κ2) is 9.50. The topological polar surface area (TPSA) is 59.9 Å². The van der Waals surface area contributed by atoms with Gasteiger partial charge in [0.15, 0.2) is 6.10 Å². The van der Waals surface area contributed by atoms with Crippen molar-refractivity contribution in [1.82, 2.24) is 5.43 Å². The van der Waals surface area contributed by atoms with Gasteiger partial charge < -0.3 is 9.47 Å². The third-order valence-electron chi connectivity index (χ3n) is 3.12. The first kappa shape index (κ1) is 18.6. The van der Waals surface area contributed by atoms with E-state index in [0.29, 0.717) is 17.1 Å². The second-order valence-corrected chi connectivity index (χ2v) is 5.81. The fourth-order valence-corrected chi connectivity index (χ4v) is 2.26. The van der Waals surface area contributed by atoms with Crippen LogP contribution in [0.3, 0.4) is 0 Å². The highest BCUT2D eigenvalue weighted by molar-refractivity contribution is 9.10. The molecule has 0 aliphatic carbocycles. The van der Waals surface area contributed by atoms with Gasteiger partial charge >= 0.3 is 0 Å². The molecule has 0 fully saturated rings. The van der Waals surface area contributed by atoms with Crippen LogP contribution in [-0.2, 0) is 4.79 Å². The predicted molar refractivity (Wildman–Crippen MR) is 101 cm³/mol. The third-order valence-corrected chi connectivity index (χ3v) is 3.77. The minimum atomic E-state index is -0.705. The van der Waals surface area contributed by atoms with Crippen LogP contribution in [0.4, 0.5) is 0 Å². The summed E-state index contributed by atoms with van der Waals surface area (Å²) in [6, 6.07) is 14.6. The number of nitrogens with one attached hydrogen (secondary N) is 1. The van der Waals surface area contributed by atoms with Gasteiger partial charge in [-0.15, -0.1) is 6.42 Å². The first-order valence-electron chi connectivity index (χ1n) is 7.51. The zero-order valence-electron chi connectivity index (χ0n) is 13.6. The van der Waals surface area contributed by atoms with E-state index in [0.717, 1.165) is 4.47 Å². The summed E-state index contributed by atoms with van der Waals surface area (Å²) < 4.78 is 11.8. The number of rotatable bonds is 7. The Kier molecular flexibility index (Phi) is 7.05. The van der Waals surface area contributed by atoms with Gasteiger partial charge in [-0.1, -0.05) is 30.2 Å². The molecule has 25 heavy (non-hydrogen) atoms. The van der Waals surface area contributed by atoms with Crippen molar-refractivity contribution in [3.63, 3.8) is 0 Å². The minimum Gasteiger partial charge on any atom is -0.480 e. The molecule has 2 rings (SSSR count). The Morgan fingerprint density at radius 3 is 2.68 bits per heavy atom. The Hall–Kier alpha value is -2.78. The maximum Gasteiger partial charge on any atom is 0.280 e. The molecule has 0 heterocycles. The largest absolute Gasteiger partial charge is 0.480 e. The Labute approximate surface area is 155 Å². The lowest BCUT2D eigenvalue weighted by atomic mass is 10.2. The summed E-state index contributed by atoms with van der Waals surface area (Å²) in [6.45, 7) is 1.81. The minimum absolute atomic E-state index is 0.161. The van der Waals surface area contributed by atoms with Gasteiger partial charge in [-0.2, -0.15) is 5.10 Å². The van der Waals surface area contributed by atoms with Crippen molar-refractivity contribution in [2.75, 3.05) is 6.61 Å². The number of carbonyl (C=O) groups excluding carboxylic acids is 1. The molecule has 5 nitrogen and oxygen atoms in total. The highest BCUT2D eigenvalue weighted by Gasteiger charge is 2.15. The first-order valence-corrected chi connectivity index (χ1v) is 8.30.